The van der Waals surface area contributed by atoms with Crippen LogP contribution in [0.1, 0.15) is 30.0 Å². The smallest absolute Gasteiger partial charge is 0.234 e. The van der Waals surface area contributed by atoms with Crippen LogP contribution in [0.2, 0.25) is 0 Å². The average Bonchev–Trinajstić information content (AvgIpc) is 2.69. The molecule has 6 nitrogen and oxygen atoms in total. The maximum atomic E-state index is 12.6. The number of amides is 1. The van der Waals surface area contributed by atoms with Crippen LogP contribution in [-0.4, -0.2) is 53.5 Å². The molecule has 1 amide bonds. The number of fused-ring (bicyclic) bond motifs is 1. The summed E-state index contributed by atoms with van der Waals surface area (Å²) in [7, 11) is 0. The van der Waals surface area contributed by atoms with Gasteiger partial charge in [-0.1, -0.05) is 24.3 Å². The molecule has 1 N–H and O–H groups in total. The Bertz CT molecular complexity index is 743. The summed E-state index contributed by atoms with van der Waals surface area (Å²) in [4.78, 5) is 25.5. The summed E-state index contributed by atoms with van der Waals surface area (Å²) in [5.41, 5.74) is 2.67. The minimum atomic E-state index is 0.125. The van der Waals surface area contributed by atoms with Crippen molar-refractivity contribution in [1.82, 2.24) is 20.2 Å². The van der Waals surface area contributed by atoms with Gasteiger partial charge in [-0.15, -0.1) is 0 Å². The van der Waals surface area contributed by atoms with Crippen LogP contribution >= 0.6 is 0 Å². The van der Waals surface area contributed by atoms with Gasteiger partial charge in [-0.2, -0.15) is 0 Å². The lowest BCUT2D eigenvalue weighted by molar-refractivity contribution is -0.123. The summed E-state index contributed by atoms with van der Waals surface area (Å²) in [5.74, 6) is 1.04. The molecule has 1 saturated heterocycles. The minimum Gasteiger partial charge on any atom is -0.353 e. The number of aromatic nitrogens is 2. The fraction of sp³-hybridized carbons (Fsp3) is 0.450. The van der Waals surface area contributed by atoms with Crippen molar-refractivity contribution in [3.05, 3.63) is 54.0 Å². The molecule has 2 aromatic rings. The van der Waals surface area contributed by atoms with Gasteiger partial charge in [0.15, 0.2) is 0 Å². The Balaban J connectivity index is 1.29. The number of carbonyl (C=O) groups excluding carboxylic acids is 1. The zero-order chi connectivity index (χ0) is 17.8. The van der Waals surface area contributed by atoms with E-state index in [0.29, 0.717) is 6.54 Å². The summed E-state index contributed by atoms with van der Waals surface area (Å²) < 4.78 is 0. The Labute approximate surface area is 154 Å². The lowest BCUT2D eigenvalue weighted by Crippen LogP contribution is -2.50. The fourth-order valence-electron chi connectivity index (χ4n) is 3.94. The van der Waals surface area contributed by atoms with E-state index in [1.165, 1.54) is 11.1 Å². The molecule has 1 fully saturated rings. The van der Waals surface area contributed by atoms with Crippen LogP contribution < -0.4 is 10.2 Å². The van der Waals surface area contributed by atoms with Crippen molar-refractivity contribution in [3.8, 4) is 0 Å². The van der Waals surface area contributed by atoms with Crippen LogP contribution in [0.25, 0.3) is 0 Å². The molecule has 136 valence electrons. The molecule has 0 bridgehead atoms. The van der Waals surface area contributed by atoms with E-state index in [0.717, 1.165) is 51.3 Å². The van der Waals surface area contributed by atoms with E-state index < -0.39 is 0 Å². The molecular formula is C20H25N5O. The molecule has 6 heteroatoms. The van der Waals surface area contributed by atoms with Crippen LogP contribution in [-0.2, 0) is 11.2 Å². The first kappa shape index (κ1) is 17.0. The number of aryl methyl sites for hydroxylation is 1. The zero-order valence-corrected chi connectivity index (χ0v) is 15.0. The van der Waals surface area contributed by atoms with E-state index in [4.69, 9.17) is 0 Å². The third-order valence-corrected chi connectivity index (χ3v) is 5.32. The summed E-state index contributed by atoms with van der Waals surface area (Å²) in [6.45, 7) is 3.94. The van der Waals surface area contributed by atoms with Crippen molar-refractivity contribution in [3.63, 3.8) is 0 Å². The topological polar surface area (TPSA) is 61.4 Å². The summed E-state index contributed by atoms with van der Waals surface area (Å²) in [6.07, 6.45) is 8.49. The molecule has 1 aliphatic heterocycles. The van der Waals surface area contributed by atoms with Gasteiger partial charge in [0.1, 0.15) is 5.82 Å². The molecule has 2 heterocycles. The zero-order valence-electron chi connectivity index (χ0n) is 15.0. The van der Waals surface area contributed by atoms with Gasteiger partial charge in [-0.05, 0) is 30.4 Å². The second-order valence-corrected chi connectivity index (χ2v) is 7.04. The van der Waals surface area contributed by atoms with Gasteiger partial charge >= 0.3 is 0 Å². The van der Waals surface area contributed by atoms with Crippen LogP contribution in [0.15, 0.2) is 42.9 Å². The second-order valence-electron chi connectivity index (χ2n) is 7.04. The summed E-state index contributed by atoms with van der Waals surface area (Å²) >= 11 is 0. The summed E-state index contributed by atoms with van der Waals surface area (Å²) in [6, 6.07) is 8.64. The lowest BCUT2D eigenvalue weighted by atomic mass is 9.88. The second kappa shape index (κ2) is 7.83. The molecule has 1 aromatic heterocycles. The number of anilines is 1. The van der Waals surface area contributed by atoms with Gasteiger partial charge in [0.05, 0.1) is 18.8 Å². The highest BCUT2D eigenvalue weighted by atomic mass is 16.2. The number of hydrogen-bond acceptors (Lipinski definition) is 5. The van der Waals surface area contributed by atoms with Crippen LogP contribution in [0.4, 0.5) is 5.82 Å². The Kier molecular flexibility index (Phi) is 5.11. The molecule has 26 heavy (non-hydrogen) atoms. The van der Waals surface area contributed by atoms with Crippen LogP contribution in [0.5, 0.6) is 0 Å². The van der Waals surface area contributed by atoms with Crippen molar-refractivity contribution < 1.29 is 4.79 Å². The third kappa shape index (κ3) is 3.85. The Morgan fingerprint density at radius 2 is 2.00 bits per heavy atom. The predicted octanol–water partition coefficient (Wildman–Crippen LogP) is 1.79. The van der Waals surface area contributed by atoms with Gasteiger partial charge in [0.2, 0.25) is 5.91 Å². The Morgan fingerprint density at radius 1 is 1.15 bits per heavy atom. The van der Waals surface area contributed by atoms with Crippen LogP contribution in [0, 0.1) is 0 Å². The normalized spacial score (nSPS) is 20.5. The number of nitrogens with one attached hydrogen (secondary N) is 1. The molecule has 1 aliphatic carbocycles. The molecule has 1 unspecified atom stereocenters. The number of hydrogen-bond donors (Lipinski definition) is 1. The van der Waals surface area contributed by atoms with Gasteiger partial charge in [0, 0.05) is 38.6 Å². The van der Waals surface area contributed by atoms with Crippen molar-refractivity contribution in [2.24, 2.45) is 0 Å². The highest BCUT2D eigenvalue weighted by molar-refractivity contribution is 5.78. The molecule has 0 radical (unpaired) electrons. The number of piperazine rings is 1. The number of carbonyl (C=O) groups is 1. The van der Waals surface area contributed by atoms with E-state index in [9.17, 15) is 4.79 Å². The maximum absolute atomic E-state index is 12.6. The molecule has 1 atom stereocenters. The quantitative estimate of drug-likeness (QED) is 0.910. The van der Waals surface area contributed by atoms with E-state index >= 15 is 0 Å². The SMILES string of the molecule is O=C(CN1CCN(c2cnccn2)CC1)NC1CCCc2ccccc21. The van der Waals surface area contributed by atoms with E-state index in [-0.39, 0.29) is 11.9 Å². The number of nitrogens with zero attached hydrogens (tertiary/aromatic N) is 4. The molecule has 1 aromatic carbocycles. The van der Waals surface area contributed by atoms with Crippen LogP contribution in [0.3, 0.4) is 0 Å². The molecule has 0 saturated carbocycles. The number of rotatable bonds is 4. The highest BCUT2D eigenvalue weighted by Gasteiger charge is 2.24. The van der Waals surface area contributed by atoms with Gasteiger partial charge < -0.3 is 10.2 Å². The fourth-order valence-corrected chi connectivity index (χ4v) is 3.94. The van der Waals surface area contributed by atoms with Gasteiger partial charge in [-0.3, -0.25) is 14.7 Å². The first-order chi connectivity index (χ1) is 12.8. The molecule has 4 rings (SSSR count). The summed E-state index contributed by atoms with van der Waals surface area (Å²) in [5, 5.41) is 3.25. The third-order valence-electron chi connectivity index (χ3n) is 5.32. The monoisotopic (exact) mass is 351 g/mol. The largest absolute Gasteiger partial charge is 0.353 e. The Morgan fingerprint density at radius 3 is 2.81 bits per heavy atom. The van der Waals surface area contributed by atoms with E-state index in [2.05, 4.69) is 49.4 Å². The van der Waals surface area contributed by atoms with Crippen molar-refractivity contribution >= 4 is 11.7 Å². The maximum Gasteiger partial charge on any atom is 0.234 e. The first-order valence-electron chi connectivity index (χ1n) is 9.40. The standard InChI is InChI=1S/C20H25N5O/c26-20(23-18-7-3-5-16-4-1-2-6-17(16)18)15-24-10-12-25(13-11-24)19-14-21-8-9-22-19/h1-2,4,6,8-9,14,18H,3,5,7,10-13,15H2,(H,23,26). The molecule has 2 aliphatic rings. The minimum absolute atomic E-state index is 0.125. The van der Waals surface area contributed by atoms with E-state index in [1.807, 2.05) is 0 Å². The van der Waals surface area contributed by atoms with Gasteiger partial charge in [0.25, 0.3) is 0 Å². The first-order valence-corrected chi connectivity index (χ1v) is 9.40. The van der Waals surface area contributed by atoms with Gasteiger partial charge in [-0.25, -0.2) is 4.98 Å². The highest BCUT2D eigenvalue weighted by Crippen LogP contribution is 2.29. The Hall–Kier alpha value is -2.47. The van der Waals surface area contributed by atoms with Crippen molar-refractivity contribution in [2.45, 2.75) is 25.3 Å². The molecule has 0 spiro atoms. The predicted molar refractivity (Wildman–Crippen MR) is 101 cm³/mol. The lowest BCUT2D eigenvalue weighted by Gasteiger charge is -2.35. The number of benzene rings is 1. The average molecular weight is 351 g/mol. The van der Waals surface area contributed by atoms with Crippen molar-refractivity contribution in [2.75, 3.05) is 37.6 Å². The molecular weight excluding hydrogens is 326 g/mol. The van der Waals surface area contributed by atoms with E-state index in [1.54, 1.807) is 18.6 Å². The van der Waals surface area contributed by atoms with Crippen molar-refractivity contribution in [1.29, 1.82) is 0 Å².